The van der Waals surface area contributed by atoms with Crippen LogP contribution in [-0.2, 0) is 16.0 Å². The summed E-state index contributed by atoms with van der Waals surface area (Å²) in [5, 5.41) is 3.11. The summed E-state index contributed by atoms with van der Waals surface area (Å²) >= 11 is 3.58. The zero-order chi connectivity index (χ0) is 19.2. The summed E-state index contributed by atoms with van der Waals surface area (Å²) in [5.41, 5.74) is 1.97. The number of benzene rings is 2. The van der Waals surface area contributed by atoms with Gasteiger partial charge in [-0.1, -0.05) is 42.1 Å². The number of halogens is 1. The van der Waals surface area contributed by atoms with Gasteiger partial charge in [0.15, 0.2) is 5.17 Å². The van der Waals surface area contributed by atoms with E-state index in [-0.39, 0.29) is 18.2 Å². The third-order valence-corrected chi connectivity index (χ3v) is 6.09. The molecule has 0 radical (unpaired) electrons. The van der Waals surface area contributed by atoms with Crippen molar-refractivity contribution in [2.45, 2.75) is 18.1 Å². The first-order valence-corrected chi connectivity index (χ1v) is 10.6. The molecule has 0 bridgehead atoms. The van der Waals surface area contributed by atoms with Gasteiger partial charge in [-0.05, 0) is 58.8 Å². The van der Waals surface area contributed by atoms with E-state index in [1.807, 2.05) is 54.6 Å². The molecule has 140 valence electrons. The molecule has 1 N–H and O–H groups in total. The summed E-state index contributed by atoms with van der Waals surface area (Å²) in [7, 11) is 1.70. The molecule has 7 heteroatoms. The number of rotatable bonds is 6. The summed E-state index contributed by atoms with van der Waals surface area (Å²) in [6.07, 6.45) is 0.937. The molecule has 0 spiro atoms. The number of hydrogen-bond donors (Lipinski definition) is 1. The highest BCUT2D eigenvalue weighted by molar-refractivity contribution is 14.1. The van der Waals surface area contributed by atoms with Crippen molar-refractivity contribution in [2.24, 2.45) is 4.99 Å². The van der Waals surface area contributed by atoms with Gasteiger partial charge in [-0.15, -0.1) is 0 Å². The quantitative estimate of drug-likeness (QED) is 0.626. The lowest BCUT2D eigenvalue weighted by Gasteiger charge is -2.09. The topological polar surface area (TPSA) is 61.8 Å². The number of nitrogens with one attached hydrogen (secondary N) is 1. The minimum atomic E-state index is -0.422. The standard InChI is InChI=1S/C20H20IN3O2S/c1-24-19(26)17(27-20(24)23-16-9-7-15(21)8-10-16)13-18(25)22-12-11-14-5-3-2-4-6-14/h2-10,17H,11-13H2,1H3,(H,22,25)/t17-/m1/s1. The molecule has 2 amide bonds. The Morgan fingerprint density at radius 3 is 2.59 bits per heavy atom. The molecule has 0 aromatic heterocycles. The van der Waals surface area contributed by atoms with E-state index in [2.05, 4.69) is 32.9 Å². The Labute approximate surface area is 176 Å². The first kappa shape index (κ1) is 19.9. The van der Waals surface area contributed by atoms with Crippen molar-refractivity contribution >= 4 is 57.0 Å². The fourth-order valence-corrected chi connectivity index (χ4v) is 4.17. The van der Waals surface area contributed by atoms with Crippen LogP contribution in [0.1, 0.15) is 12.0 Å². The van der Waals surface area contributed by atoms with Gasteiger partial charge in [0.25, 0.3) is 0 Å². The molecule has 2 aromatic carbocycles. The zero-order valence-electron chi connectivity index (χ0n) is 14.9. The van der Waals surface area contributed by atoms with Crippen LogP contribution in [0.4, 0.5) is 5.69 Å². The Balaban J connectivity index is 1.53. The van der Waals surface area contributed by atoms with E-state index < -0.39 is 5.25 Å². The Hall–Kier alpha value is -1.87. The number of aliphatic imine (C=N–C) groups is 1. The SMILES string of the molecule is CN1C(=O)[C@@H](CC(=O)NCCc2ccccc2)SC1=Nc1ccc(I)cc1. The van der Waals surface area contributed by atoms with Crippen molar-refractivity contribution in [2.75, 3.05) is 13.6 Å². The summed E-state index contributed by atoms with van der Waals surface area (Å²) in [5.74, 6) is -0.192. The molecule has 1 saturated heterocycles. The third kappa shape index (κ3) is 5.55. The normalized spacial score (nSPS) is 18.1. The Morgan fingerprint density at radius 1 is 1.19 bits per heavy atom. The van der Waals surface area contributed by atoms with Gasteiger partial charge in [-0.2, -0.15) is 0 Å². The number of amidine groups is 1. The summed E-state index contributed by atoms with van der Waals surface area (Å²) in [6.45, 7) is 0.563. The van der Waals surface area contributed by atoms with E-state index in [4.69, 9.17) is 0 Å². The zero-order valence-corrected chi connectivity index (χ0v) is 17.9. The van der Waals surface area contributed by atoms with Gasteiger partial charge in [-0.25, -0.2) is 4.99 Å². The van der Waals surface area contributed by atoms with Crippen molar-refractivity contribution in [3.8, 4) is 0 Å². The number of thioether (sulfide) groups is 1. The fraction of sp³-hybridized carbons (Fsp3) is 0.250. The predicted octanol–water partition coefficient (Wildman–Crippen LogP) is 3.60. The van der Waals surface area contributed by atoms with Gasteiger partial charge in [0.1, 0.15) is 5.25 Å². The van der Waals surface area contributed by atoms with Crippen LogP contribution in [0.3, 0.4) is 0 Å². The molecule has 2 aromatic rings. The van der Waals surface area contributed by atoms with Crippen molar-refractivity contribution in [1.82, 2.24) is 10.2 Å². The van der Waals surface area contributed by atoms with E-state index >= 15 is 0 Å². The maximum atomic E-state index is 12.4. The van der Waals surface area contributed by atoms with Crippen LogP contribution in [-0.4, -0.2) is 40.7 Å². The van der Waals surface area contributed by atoms with Gasteiger partial charge >= 0.3 is 0 Å². The second-order valence-corrected chi connectivity index (χ2v) is 8.58. The molecule has 1 atom stereocenters. The maximum Gasteiger partial charge on any atom is 0.242 e. The van der Waals surface area contributed by atoms with Crippen LogP contribution < -0.4 is 5.32 Å². The first-order valence-electron chi connectivity index (χ1n) is 8.62. The van der Waals surface area contributed by atoms with E-state index in [1.165, 1.54) is 22.2 Å². The lowest BCUT2D eigenvalue weighted by molar-refractivity contribution is -0.128. The Morgan fingerprint density at radius 2 is 1.89 bits per heavy atom. The molecular weight excluding hydrogens is 473 g/mol. The lowest BCUT2D eigenvalue weighted by Crippen LogP contribution is -2.33. The molecule has 5 nitrogen and oxygen atoms in total. The molecule has 27 heavy (non-hydrogen) atoms. The summed E-state index contributed by atoms with van der Waals surface area (Å²) in [4.78, 5) is 30.7. The predicted molar refractivity (Wildman–Crippen MR) is 118 cm³/mol. The molecule has 1 aliphatic rings. The number of amides is 2. The lowest BCUT2D eigenvalue weighted by atomic mass is 10.1. The smallest absolute Gasteiger partial charge is 0.242 e. The molecule has 3 rings (SSSR count). The maximum absolute atomic E-state index is 12.4. The van der Waals surface area contributed by atoms with Crippen LogP contribution >= 0.6 is 34.4 Å². The number of carbonyl (C=O) groups is 2. The molecule has 1 fully saturated rings. The van der Waals surface area contributed by atoms with E-state index in [0.717, 1.165) is 15.7 Å². The Kier molecular flexibility index (Phi) is 6.89. The summed E-state index contributed by atoms with van der Waals surface area (Å²) in [6, 6.07) is 17.8. The largest absolute Gasteiger partial charge is 0.356 e. The van der Waals surface area contributed by atoms with Gasteiger partial charge in [0.05, 0.1) is 5.69 Å². The average Bonchev–Trinajstić information content (AvgIpc) is 2.92. The second-order valence-electron chi connectivity index (χ2n) is 6.16. The highest BCUT2D eigenvalue weighted by Crippen LogP contribution is 2.30. The monoisotopic (exact) mass is 493 g/mol. The van der Waals surface area contributed by atoms with Crippen LogP contribution in [0, 0.1) is 3.57 Å². The molecular formula is C20H20IN3O2S. The van der Waals surface area contributed by atoms with Crippen LogP contribution in [0.15, 0.2) is 59.6 Å². The minimum Gasteiger partial charge on any atom is -0.356 e. The van der Waals surface area contributed by atoms with Crippen molar-refractivity contribution in [1.29, 1.82) is 0 Å². The van der Waals surface area contributed by atoms with E-state index in [1.54, 1.807) is 7.05 Å². The number of nitrogens with zero attached hydrogens (tertiary/aromatic N) is 2. The fourth-order valence-electron chi connectivity index (χ4n) is 2.65. The van der Waals surface area contributed by atoms with Gasteiger partial charge in [0, 0.05) is 23.6 Å². The minimum absolute atomic E-state index is 0.0810. The molecule has 0 unspecified atom stereocenters. The van der Waals surface area contributed by atoms with Crippen molar-refractivity contribution in [3.05, 3.63) is 63.7 Å². The molecule has 1 heterocycles. The van der Waals surface area contributed by atoms with Gasteiger partial charge in [-0.3, -0.25) is 14.5 Å². The molecule has 0 saturated carbocycles. The van der Waals surface area contributed by atoms with Gasteiger partial charge < -0.3 is 5.32 Å². The molecule has 0 aliphatic carbocycles. The highest BCUT2D eigenvalue weighted by atomic mass is 127. The second kappa shape index (κ2) is 9.36. The number of carbonyl (C=O) groups excluding carboxylic acids is 2. The molecule has 1 aliphatic heterocycles. The van der Waals surface area contributed by atoms with Crippen molar-refractivity contribution in [3.63, 3.8) is 0 Å². The average molecular weight is 493 g/mol. The van der Waals surface area contributed by atoms with Crippen LogP contribution in [0.5, 0.6) is 0 Å². The van der Waals surface area contributed by atoms with Crippen LogP contribution in [0.25, 0.3) is 0 Å². The van der Waals surface area contributed by atoms with E-state index in [0.29, 0.717) is 11.7 Å². The first-order chi connectivity index (χ1) is 13.0. The number of hydrogen-bond acceptors (Lipinski definition) is 4. The third-order valence-electron chi connectivity index (χ3n) is 4.14. The van der Waals surface area contributed by atoms with E-state index in [9.17, 15) is 9.59 Å². The Bertz CT molecular complexity index is 840. The van der Waals surface area contributed by atoms with Gasteiger partial charge in [0.2, 0.25) is 11.8 Å². The highest BCUT2D eigenvalue weighted by Gasteiger charge is 2.36. The van der Waals surface area contributed by atoms with Crippen molar-refractivity contribution < 1.29 is 9.59 Å². The summed E-state index contributed by atoms with van der Waals surface area (Å²) < 4.78 is 1.13. The van der Waals surface area contributed by atoms with Crippen LogP contribution in [0.2, 0.25) is 0 Å².